The topological polar surface area (TPSA) is 178 Å². The fourth-order valence-electron chi connectivity index (χ4n) is 8.90. The molecule has 71 heavy (non-hydrogen) atoms. The van der Waals surface area contributed by atoms with Gasteiger partial charge in [-0.3, -0.25) is 9.35 Å². The van der Waals surface area contributed by atoms with Gasteiger partial charge in [0.25, 0.3) is 0 Å². The molecule has 0 saturated carbocycles. The van der Waals surface area contributed by atoms with E-state index in [1.807, 2.05) is 0 Å². The molecule has 1 aliphatic rings. The van der Waals surface area contributed by atoms with Gasteiger partial charge in [-0.1, -0.05) is 242 Å². The third kappa shape index (κ3) is 42.0. The van der Waals surface area contributed by atoms with Crippen molar-refractivity contribution in [3.63, 3.8) is 0 Å². The Balaban J connectivity index is 2.27. The molecule has 13 heteroatoms. The van der Waals surface area contributed by atoms with Crippen molar-refractivity contribution in [3.05, 3.63) is 48.6 Å². The number of ether oxygens (including phenoxy) is 4. The molecular weight excluding hydrogens is 921 g/mol. The van der Waals surface area contributed by atoms with Gasteiger partial charge in [-0.15, -0.1) is 0 Å². The molecule has 0 bridgehead atoms. The van der Waals surface area contributed by atoms with Crippen molar-refractivity contribution in [2.24, 2.45) is 0 Å². The van der Waals surface area contributed by atoms with Crippen molar-refractivity contribution in [2.45, 2.75) is 288 Å². The average Bonchev–Trinajstić information content (AvgIpc) is 3.35. The van der Waals surface area contributed by atoms with Crippen LogP contribution in [0.2, 0.25) is 0 Å². The van der Waals surface area contributed by atoms with Crippen LogP contribution in [0.4, 0.5) is 0 Å². The quantitative estimate of drug-likeness (QED) is 0.0196. The Kier molecular flexibility index (Phi) is 46.3. The molecule has 1 rings (SSSR count). The van der Waals surface area contributed by atoms with E-state index in [1.54, 1.807) is 0 Å². The Hall–Kier alpha value is -1.94. The first-order chi connectivity index (χ1) is 34.6. The molecule has 0 aromatic heterocycles. The third-order valence-corrected chi connectivity index (χ3v) is 13.7. The van der Waals surface area contributed by atoms with E-state index in [2.05, 4.69) is 66.6 Å². The lowest BCUT2D eigenvalue weighted by Gasteiger charge is -2.41. The predicted molar refractivity (Wildman–Crippen MR) is 290 cm³/mol. The number of esters is 1. The maximum Gasteiger partial charge on any atom is 0.397 e. The number of hydrogen-bond acceptors (Lipinski definition) is 11. The molecule has 0 amide bonds. The molecule has 1 heterocycles. The monoisotopic (exact) mass is 1030 g/mol. The molecule has 416 valence electrons. The van der Waals surface area contributed by atoms with Gasteiger partial charge in [-0.2, -0.15) is 8.42 Å². The van der Waals surface area contributed by atoms with Gasteiger partial charge in [0.15, 0.2) is 6.29 Å². The number of unbranched alkanes of at least 4 members (excludes halogenated alkanes) is 30. The summed E-state index contributed by atoms with van der Waals surface area (Å²) in [6.45, 7) is 3.92. The minimum atomic E-state index is -5.07. The summed E-state index contributed by atoms with van der Waals surface area (Å²) < 4.78 is 59.4. The summed E-state index contributed by atoms with van der Waals surface area (Å²) in [6.07, 6.45) is 52.9. The van der Waals surface area contributed by atoms with Crippen LogP contribution >= 0.6 is 0 Å². The van der Waals surface area contributed by atoms with Crippen molar-refractivity contribution >= 4 is 16.4 Å². The Morgan fingerprint density at radius 2 is 0.972 bits per heavy atom. The fraction of sp³-hybridized carbons (Fsp3) is 0.845. The zero-order chi connectivity index (χ0) is 51.7. The predicted octanol–water partition coefficient (Wildman–Crippen LogP) is 14.3. The standard InChI is InChI=1S/C58H106O12S/c1-3-5-7-9-11-13-15-17-19-21-23-24-25-26-27-28-29-30-32-34-36-38-40-42-44-46-48-66-50-52(51-67-58-56(62)57(70-71(63,64)65)55(61)53(49-59)69-58)68-54(60)47-45-43-41-39-37-35-33-31-22-20-18-16-14-12-10-8-6-4-2/h5,7,11,13,17,19,23-24,52-53,55-59,61-62H,3-4,6,8-10,12,14-16,18,20-22,25-51H2,1-2H3,(H,63,64,65)/b7-5-,13-11-,19-17-,24-23-. The maximum absolute atomic E-state index is 12.9. The highest BCUT2D eigenvalue weighted by Crippen LogP contribution is 2.26. The summed E-state index contributed by atoms with van der Waals surface area (Å²) in [5, 5.41) is 30.8. The number of aliphatic hydroxyl groups is 3. The molecule has 0 aliphatic carbocycles. The molecule has 12 nitrogen and oxygen atoms in total. The summed E-state index contributed by atoms with van der Waals surface area (Å²) in [4.78, 5) is 12.9. The summed E-state index contributed by atoms with van der Waals surface area (Å²) in [5.41, 5.74) is 0. The minimum absolute atomic E-state index is 0.0377. The second kappa shape index (κ2) is 49.0. The summed E-state index contributed by atoms with van der Waals surface area (Å²) >= 11 is 0. The van der Waals surface area contributed by atoms with Crippen LogP contribution in [0.15, 0.2) is 48.6 Å². The van der Waals surface area contributed by atoms with E-state index >= 15 is 0 Å². The second-order valence-corrected chi connectivity index (χ2v) is 20.9. The van der Waals surface area contributed by atoms with Gasteiger partial charge in [0, 0.05) is 13.0 Å². The summed E-state index contributed by atoms with van der Waals surface area (Å²) in [6, 6.07) is 0. The molecule has 0 aromatic carbocycles. The van der Waals surface area contributed by atoms with E-state index in [1.165, 1.54) is 161 Å². The number of carbonyl (C=O) groups is 1. The van der Waals surface area contributed by atoms with E-state index in [-0.39, 0.29) is 19.6 Å². The number of hydrogen-bond donors (Lipinski definition) is 4. The fourth-order valence-corrected chi connectivity index (χ4v) is 9.41. The highest BCUT2D eigenvalue weighted by atomic mass is 32.3. The lowest BCUT2D eigenvalue weighted by atomic mass is 9.99. The Labute approximate surface area is 434 Å². The summed E-state index contributed by atoms with van der Waals surface area (Å²) in [5.74, 6) is -0.395. The van der Waals surface area contributed by atoms with E-state index in [9.17, 15) is 33.1 Å². The van der Waals surface area contributed by atoms with Crippen LogP contribution in [-0.2, 0) is 38.3 Å². The Morgan fingerprint density at radius 3 is 1.42 bits per heavy atom. The molecule has 4 N–H and O–H groups in total. The van der Waals surface area contributed by atoms with Gasteiger partial charge in [-0.25, -0.2) is 4.18 Å². The zero-order valence-electron chi connectivity index (χ0n) is 45.0. The smallest absolute Gasteiger partial charge is 0.397 e. The highest BCUT2D eigenvalue weighted by molar-refractivity contribution is 7.80. The van der Waals surface area contributed by atoms with E-state index in [0.29, 0.717) is 13.0 Å². The molecular formula is C58H106O12S. The average molecular weight is 1030 g/mol. The van der Waals surface area contributed by atoms with Crippen LogP contribution in [0, 0.1) is 0 Å². The number of allylic oxidation sites excluding steroid dienone is 8. The van der Waals surface area contributed by atoms with Crippen molar-refractivity contribution in [2.75, 3.05) is 26.4 Å². The molecule has 6 atom stereocenters. The summed E-state index contributed by atoms with van der Waals surface area (Å²) in [7, 11) is -5.07. The molecule has 0 spiro atoms. The number of carbonyl (C=O) groups excluding carboxylic acids is 1. The van der Waals surface area contributed by atoms with Gasteiger partial charge in [0.1, 0.15) is 30.5 Å². The van der Waals surface area contributed by atoms with E-state index in [4.69, 9.17) is 18.9 Å². The lowest BCUT2D eigenvalue weighted by Crippen LogP contribution is -2.60. The maximum atomic E-state index is 12.9. The number of rotatable bonds is 51. The Morgan fingerprint density at radius 1 is 0.549 bits per heavy atom. The van der Waals surface area contributed by atoms with Crippen molar-refractivity contribution in [3.8, 4) is 0 Å². The van der Waals surface area contributed by atoms with Crippen LogP contribution in [0.5, 0.6) is 0 Å². The molecule has 0 aromatic rings. The SMILES string of the molecule is CC/C=C\C/C=C\C/C=C\C/C=C\CCCCCCCCCCCCCCCOCC(COC1OC(CO)C(O)C(OS(=O)(=O)O)C1O)OC(=O)CCCCCCCCCCCCCCCCCCCC. The largest absolute Gasteiger partial charge is 0.457 e. The lowest BCUT2D eigenvalue weighted by molar-refractivity contribution is -0.301. The van der Waals surface area contributed by atoms with Crippen LogP contribution in [0.25, 0.3) is 0 Å². The molecule has 1 saturated heterocycles. The van der Waals surface area contributed by atoms with E-state index < -0.39 is 59.8 Å². The first kappa shape index (κ1) is 67.1. The molecule has 0 radical (unpaired) electrons. The Bertz CT molecular complexity index is 1420. The van der Waals surface area contributed by atoms with Crippen molar-refractivity contribution < 1.29 is 56.2 Å². The molecule has 1 fully saturated rings. The minimum Gasteiger partial charge on any atom is -0.457 e. The van der Waals surface area contributed by atoms with Crippen LogP contribution in [0.3, 0.4) is 0 Å². The first-order valence-electron chi connectivity index (χ1n) is 28.9. The second-order valence-electron chi connectivity index (χ2n) is 19.9. The van der Waals surface area contributed by atoms with Gasteiger partial charge >= 0.3 is 16.4 Å². The van der Waals surface area contributed by atoms with Crippen LogP contribution in [-0.4, -0.2) is 97.5 Å². The van der Waals surface area contributed by atoms with Crippen molar-refractivity contribution in [1.29, 1.82) is 0 Å². The van der Waals surface area contributed by atoms with Gasteiger partial charge in [0.2, 0.25) is 0 Å². The number of aliphatic hydroxyl groups excluding tert-OH is 3. The third-order valence-electron chi connectivity index (χ3n) is 13.2. The van der Waals surface area contributed by atoms with Gasteiger partial charge in [-0.05, 0) is 51.4 Å². The van der Waals surface area contributed by atoms with Gasteiger partial charge in [0.05, 0.1) is 19.8 Å². The van der Waals surface area contributed by atoms with Gasteiger partial charge < -0.3 is 34.3 Å². The molecule has 6 unspecified atom stereocenters. The van der Waals surface area contributed by atoms with Crippen LogP contribution in [0.1, 0.15) is 251 Å². The first-order valence-corrected chi connectivity index (χ1v) is 30.3. The highest BCUT2D eigenvalue weighted by Gasteiger charge is 2.48. The van der Waals surface area contributed by atoms with E-state index in [0.717, 1.165) is 64.2 Å². The van der Waals surface area contributed by atoms with Crippen molar-refractivity contribution in [1.82, 2.24) is 0 Å². The zero-order valence-corrected chi connectivity index (χ0v) is 45.9. The van der Waals surface area contributed by atoms with Crippen LogP contribution < -0.4 is 0 Å². The normalized spacial score (nSPS) is 19.3. The molecule has 1 aliphatic heterocycles.